The molecule has 0 aliphatic carbocycles. The minimum Gasteiger partial charge on any atom is -0.481 e. The van der Waals surface area contributed by atoms with Gasteiger partial charge in [-0.05, 0) is 49.2 Å². The molecule has 1 aliphatic rings. The largest absolute Gasteiger partial charge is 0.481 e. The molecule has 2 aromatic carbocycles. The highest BCUT2D eigenvalue weighted by Gasteiger charge is 2.59. The Hall–Kier alpha value is -2.32. The average molecular weight is 514 g/mol. The van der Waals surface area contributed by atoms with Crippen molar-refractivity contribution in [3.8, 4) is 5.75 Å². The lowest BCUT2D eigenvalue weighted by Gasteiger charge is -2.54. The molecule has 1 fully saturated rings. The van der Waals surface area contributed by atoms with E-state index in [4.69, 9.17) is 44.6 Å². The molecule has 0 radical (unpaired) electrons. The first-order valence-electron chi connectivity index (χ1n) is 10.3. The summed E-state index contributed by atoms with van der Waals surface area (Å²) in [6.07, 6.45) is 0.218. The summed E-state index contributed by atoms with van der Waals surface area (Å²) in [6.45, 7) is 2.57. The zero-order valence-corrected chi connectivity index (χ0v) is 20.1. The number of carbonyl (C=O) groups is 3. The minimum absolute atomic E-state index is 0.0635. The number of ether oxygens (including phenoxy) is 1. The van der Waals surface area contributed by atoms with Crippen LogP contribution in [0.25, 0.3) is 0 Å². The zero-order valence-electron chi connectivity index (χ0n) is 17.8. The highest BCUT2D eigenvalue weighted by atomic mass is 35.5. The summed E-state index contributed by atoms with van der Waals surface area (Å²) < 4.78 is 5.49. The third kappa shape index (κ3) is 5.98. The van der Waals surface area contributed by atoms with Crippen molar-refractivity contribution in [1.29, 1.82) is 0 Å². The molecule has 0 saturated carbocycles. The predicted molar refractivity (Wildman–Crippen MR) is 126 cm³/mol. The maximum atomic E-state index is 13.2. The van der Waals surface area contributed by atoms with E-state index in [0.717, 1.165) is 5.56 Å². The first kappa shape index (κ1) is 25.3. The fraction of sp³-hybridized carbons (Fsp3) is 0.348. The van der Waals surface area contributed by atoms with Gasteiger partial charge in [0, 0.05) is 36.1 Å². The van der Waals surface area contributed by atoms with Crippen LogP contribution in [0.1, 0.15) is 25.3 Å². The summed E-state index contributed by atoms with van der Waals surface area (Å²) in [7, 11) is 0. The van der Waals surface area contributed by atoms with Crippen molar-refractivity contribution in [3.63, 3.8) is 0 Å². The number of carboxylic acid groups (broad SMARTS) is 1. The lowest BCUT2D eigenvalue weighted by Crippen LogP contribution is -2.73. The Labute approximate surface area is 206 Å². The van der Waals surface area contributed by atoms with Crippen molar-refractivity contribution >= 4 is 52.6 Å². The van der Waals surface area contributed by atoms with E-state index in [1.807, 2.05) is 17.0 Å². The van der Waals surface area contributed by atoms with Crippen molar-refractivity contribution in [2.24, 2.45) is 5.92 Å². The van der Waals surface area contributed by atoms with E-state index >= 15 is 0 Å². The van der Waals surface area contributed by atoms with Gasteiger partial charge in [0.2, 0.25) is 5.91 Å². The molecule has 3 rings (SSSR count). The first-order chi connectivity index (χ1) is 15.6. The molecule has 33 heavy (non-hydrogen) atoms. The van der Waals surface area contributed by atoms with Crippen LogP contribution in [0.4, 0.5) is 0 Å². The number of hydrogen-bond acceptors (Lipinski definition) is 5. The second-order valence-electron chi connectivity index (χ2n) is 7.96. The van der Waals surface area contributed by atoms with Crippen LogP contribution in [-0.2, 0) is 20.9 Å². The zero-order chi connectivity index (χ0) is 24.2. The van der Waals surface area contributed by atoms with Gasteiger partial charge in [-0.3, -0.25) is 19.3 Å². The van der Waals surface area contributed by atoms with Gasteiger partial charge in [0.1, 0.15) is 11.3 Å². The molecule has 1 amide bonds. The third-order valence-electron chi connectivity index (χ3n) is 5.73. The molecule has 176 valence electrons. The predicted octanol–water partition coefficient (Wildman–Crippen LogP) is 4.42. The second-order valence-corrected chi connectivity index (χ2v) is 9.24. The first-order valence-corrected chi connectivity index (χ1v) is 11.4. The Morgan fingerprint density at radius 2 is 1.79 bits per heavy atom. The van der Waals surface area contributed by atoms with E-state index in [1.165, 1.54) is 12.1 Å². The van der Waals surface area contributed by atoms with Gasteiger partial charge in [-0.2, -0.15) is 0 Å². The van der Waals surface area contributed by atoms with E-state index in [2.05, 4.69) is 5.32 Å². The second kappa shape index (κ2) is 10.7. The van der Waals surface area contributed by atoms with Gasteiger partial charge in [0.25, 0.3) is 0 Å². The normalized spacial score (nSPS) is 20.1. The van der Waals surface area contributed by atoms with E-state index in [-0.39, 0.29) is 36.1 Å². The number of hydrogen-bond donors (Lipinski definition) is 2. The topological polar surface area (TPSA) is 95.9 Å². The average Bonchev–Trinajstić information content (AvgIpc) is 2.76. The van der Waals surface area contributed by atoms with Crippen LogP contribution >= 0.6 is 34.8 Å². The number of amides is 1. The van der Waals surface area contributed by atoms with Crippen molar-refractivity contribution in [2.45, 2.75) is 31.8 Å². The number of halogens is 3. The molecule has 7 nitrogen and oxygen atoms in total. The maximum Gasteiger partial charge on any atom is 0.318 e. The van der Waals surface area contributed by atoms with Crippen molar-refractivity contribution in [2.75, 3.05) is 13.1 Å². The molecule has 0 aromatic heterocycles. The Kier molecular flexibility index (Phi) is 8.23. The molecular weight excluding hydrogens is 491 g/mol. The number of nitrogens with zero attached hydrogens (tertiary/aromatic N) is 1. The number of nitrogens with one attached hydrogen (secondary N) is 1. The van der Waals surface area contributed by atoms with Crippen LogP contribution in [0, 0.1) is 5.92 Å². The Bertz CT molecular complexity index is 1050. The molecule has 1 aliphatic heterocycles. The van der Waals surface area contributed by atoms with Gasteiger partial charge in [-0.25, -0.2) is 0 Å². The summed E-state index contributed by atoms with van der Waals surface area (Å²) in [5, 5.41) is 12.8. The third-order valence-corrected chi connectivity index (χ3v) is 6.51. The van der Waals surface area contributed by atoms with E-state index in [1.54, 1.807) is 25.1 Å². The monoisotopic (exact) mass is 512 g/mol. The molecule has 2 aromatic rings. The summed E-state index contributed by atoms with van der Waals surface area (Å²) in [5.41, 5.74) is -0.268. The molecule has 2 unspecified atom stereocenters. The molecule has 10 heteroatoms. The fourth-order valence-corrected chi connectivity index (χ4v) is 4.27. The lowest BCUT2D eigenvalue weighted by molar-refractivity contribution is -0.171. The number of benzene rings is 2. The number of aliphatic carboxylic acids is 1. The number of rotatable bonds is 9. The standard InChI is InChI=1S/C23H23Cl3N2O5/c1-23(22(32)27-10-2-3-20(29)30)17(13-28(23)12-14-4-6-15(24)7-5-14)21(31)33-19-9-8-16(25)11-18(19)26/h4-9,11,17H,2-3,10,12-13H2,1H3,(H,27,32)(H,29,30). The Balaban J connectivity index is 1.76. The van der Waals surface area contributed by atoms with Crippen LogP contribution in [0.3, 0.4) is 0 Å². The van der Waals surface area contributed by atoms with Crippen molar-refractivity contribution in [3.05, 3.63) is 63.1 Å². The molecule has 0 bridgehead atoms. The maximum absolute atomic E-state index is 13.2. The Morgan fingerprint density at radius 3 is 2.42 bits per heavy atom. The SMILES string of the molecule is CC1(C(=O)NCCCC(=O)O)C(C(=O)Oc2ccc(Cl)cc2Cl)CN1Cc1ccc(Cl)cc1. The lowest BCUT2D eigenvalue weighted by atomic mass is 9.74. The van der Waals surface area contributed by atoms with Crippen LogP contribution in [0.15, 0.2) is 42.5 Å². The van der Waals surface area contributed by atoms with Crippen molar-refractivity contribution < 1.29 is 24.2 Å². The fourth-order valence-electron chi connectivity index (χ4n) is 3.70. The van der Waals surface area contributed by atoms with Crippen molar-refractivity contribution in [1.82, 2.24) is 10.2 Å². The molecule has 1 saturated heterocycles. The van der Waals surface area contributed by atoms with Crippen LogP contribution in [0.5, 0.6) is 5.75 Å². The van der Waals surface area contributed by atoms with E-state index in [0.29, 0.717) is 23.1 Å². The van der Waals surface area contributed by atoms with E-state index < -0.39 is 23.4 Å². The summed E-state index contributed by atoms with van der Waals surface area (Å²) in [6, 6.07) is 11.7. The van der Waals surface area contributed by atoms with Gasteiger partial charge in [0.05, 0.1) is 10.9 Å². The van der Waals surface area contributed by atoms with Gasteiger partial charge in [0.15, 0.2) is 0 Å². The smallest absolute Gasteiger partial charge is 0.318 e. The molecule has 2 atom stereocenters. The number of esters is 1. The molecule has 1 heterocycles. The van der Waals surface area contributed by atoms with Crippen LogP contribution in [-0.4, -0.2) is 46.5 Å². The minimum atomic E-state index is -1.20. The molecular formula is C23H23Cl3N2O5. The van der Waals surface area contributed by atoms with E-state index in [9.17, 15) is 14.4 Å². The molecule has 0 spiro atoms. The van der Waals surface area contributed by atoms with Crippen LogP contribution in [0.2, 0.25) is 15.1 Å². The van der Waals surface area contributed by atoms with Crippen LogP contribution < -0.4 is 10.1 Å². The Morgan fingerprint density at radius 1 is 1.12 bits per heavy atom. The summed E-state index contributed by atoms with van der Waals surface area (Å²) in [4.78, 5) is 38.8. The number of carbonyl (C=O) groups excluding carboxylic acids is 2. The summed E-state index contributed by atoms with van der Waals surface area (Å²) in [5.74, 6) is -2.50. The highest BCUT2D eigenvalue weighted by Crippen LogP contribution is 2.40. The summed E-state index contributed by atoms with van der Waals surface area (Å²) >= 11 is 18.0. The quantitative estimate of drug-likeness (QED) is 0.293. The highest BCUT2D eigenvalue weighted by molar-refractivity contribution is 6.35. The van der Waals surface area contributed by atoms with Gasteiger partial charge in [-0.15, -0.1) is 0 Å². The number of carboxylic acids is 1. The number of likely N-dealkylation sites (tertiary alicyclic amines) is 1. The van der Waals surface area contributed by atoms with Gasteiger partial charge >= 0.3 is 11.9 Å². The van der Waals surface area contributed by atoms with Gasteiger partial charge < -0.3 is 15.2 Å². The van der Waals surface area contributed by atoms with Gasteiger partial charge in [-0.1, -0.05) is 46.9 Å². The molecule has 2 N–H and O–H groups in total.